The van der Waals surface area contributed by atoms with Gasteiger partial charge in [0, 0.05) is 30.9 Å². The van der Waals surface area contributed by atoms with Gasteiger partial charge in [-0.15, -0.1) is 0 Å². The summed E-state index contributed by atoms with van der Waals surface area (Å²) < 4.78 is 5.63. The van der Waals surface area contributed by atoms with E-state index in [4.69, 9.17) is 16.3 Å². The maximum Gasteiger partial charge on any atom is 0.335 e. The number of allylic oxidation sites excluding steroid dienone is 1. The highest BCUT2D eigenvalue weighted by Gasteiger charge is 2.37. The van der Waals surface area contributed by atoms with Gasteiger partial charge in [0.15, 0.2) is 6.61 Å². The molecule has 1 aliphatic rings. The number of halogens is 1. The van der Waals surface area contributed by atoms with E-state index in [1.807, 2.05) is 24.3 Å². The molecule has 0 spiro atoms. The number of carboxylic acid groups (broad SMARTS) is 1. The van der Waals surface area contributed by atoms with Gasteiger partial charge in [-0.25, -0.2) is 9.59 Å². The van der Waals surface area contributed by atoms with Crippen molar-refractivity contribution in [2.45, 2.75) is 39.2 Å². The van der Waals surface area contributed by atoms with Crippen LogP contribution in [0.4, 0.5) is 4.79 Å². The lowest BCUT2D eigenvalue weighted by atomic mass is 9.93. The first-order valence-corrected chi connectivity index (χ1v) is 12.2. The van der Waals surface area contributed by atoms with E-state index in [0.717, 1.165) is 0 Å². The first kappa shape index (κ1) is 27.1. The van der Waals surface area contributed by atoms with Gasteiger partial charge in [0.25, 0.3) is 5.91 Å². The fourth-order valence-electron chi connectivity index (χ4n) is 4.12. The van der Waals surface area contributed by atoms with Crippen molar-refractivity contribution in [2.75, 3.05) is 26.7 Å². The smallest absolute Gasteiger partial charge is 0.335 e. The number of ether oxygens (including phenoxy) is 1. The highest BCUT2D eigenvalue weighted by Crippen LogP contribution is 2.34. The molecule has 1 atom stereocenters. The van der Waals surface area contributed by atoms with Crippen molar-refractivity contribution in [3.8, 4) is 5.75 Å². The SMILES string of the molecule is CC1=C(C(=O)O)C(c2cccc(Cl)c2)N(CCCN(C)C(=O)COc2ccc(C(C)C)cc2)C(=O)N1. The van der Waals surface area contributed by atoms with Crippen molar-refractivity contribution >= 4 is 29.5 Å². The van der Waals surface area contributed by atoms with Gasteiger partial charge in [0.1, 0.15) is 5.75 Å². The topological polar surface area (TPSA) is 99.2 Å². The summed E-state index contributed by atoms with van der Waals surface area (Å²) in [5.41, 5.74) is 2.17. The van der Waals surface area contributed by atoms with Crippen molar-refractivity contribution < 1.29 is 24.2 Å². The molecule has 2 aromatic rings. The molecule has 0 bridgehead atoms. The fourth-order valence-corrected chi connectivity index (χ4v) is 4.31. The monoisotopic (exact) mass is 513 g/mol. The molecule has 2 aromatic carbocycles. The first-order valence-electron chi connectivity index (χ1n) is 11.8. The molecule has 3 rings (SSSR count). The van der Waals surface area contributed by atoms with Crippen LogP contribution < -0.4 is 10.1 Å². The minimum absolute atomic E-state index is 0.0817. The Balaban J connectivity index is 1.62. The van der Waals surface area contributed by atoms with Crippen molar-refractivity contribution in [3.63, 3.8) is 0 Å². The van der Waals surface area contributed by atoms with Crippen LogP contribution in [0.2, 0.25) is 5.02 Å². The van der Waals surface area contributed by atoms with Crippen LogP contribution in [-0.2, 0) is 9.59 Å². The van der Waals surface area contributed by atoms with Crippen molar-refractivity contribution in [1.29, 1.82) is 0 Å². The van der Waals surface area contributed by atoms with Crippen LogP contribution in [0.15, 0.2) is 59.8 Å². The number of hydrogen-bond acceptors (Lipinski definition) is 4. The molecule has 0 saturated carbocycles. The Bertz CT molecular complexity index is 1150. The van der Waals surface area contributed by atoms with Gasteiger partial charge >= 0.3 is 12.0 Å². The third kappa shape index (κ3) is 6.57. The van der Waals surface area contributed by atoms with E-state index in [2.05, 4.69) is 19.2 Å². The van der Waals surface area contributed by atoms with E-state index in [9.17, 15) is 19.5 Å². The third-order valence-electron chi connectivity index (χ3n) is 6.17. The molecule has 36 heavy (non-hydrogen) atoms. The molecule has 1 heterocycles. The zero-order valence-corrected chi connectivity index (χ0v) is 21.7. The molecule has 2 N–H and O–H groups in total. The standard InChI is InChI=1S/C27H32ClN3O5/c1-17(2)19-9-11-22(12-10-19)36-16-23(32)30(4)13-6-14-31-25(20-7-5-8-21(28)15-20)24(26(33)34)18(3)29-27(31)35/h5,7-12,15,17,25H,6,13-14,16H2,1-4H3,(H,29,35)(H,33,34). The van der Waals surface area contributed by atoms with Crippen LogP contribution >= 0.6 is 11.6 Å². The molecule has 0 fully saturated rings. The third-order valence-corrected chi connectivity index (χ3v) is 6.40. The van der Waals surface area contributed by atoms with Gasteiger partial charge in [-0.1, -0.05) is 49.7 Å². The molecule has 192 valence electrons. The Morgan fingerprint density at radius 1 is 1.19 bits per heavy atom. The van der Waals surface area contributed by atoms with E-state index in [0.29, 0.717) is 40.9 Å². The number of benzene rings is 2. The Hall–Kier alpha value is -3.52. The molecule has 0 aliphatic carbocycles. The van der Waals surface area contributed by atoms with E-state index < -0.39 is 18.0 Å². The number of amides is 3. The quantitative estimate of drug-likeness (QED) is 0.474. The van der Waals surface area contributed by atoms with Gasteiger partial charge in [-0.2, -0.15) is 0 Å². The zero-order valence-electron chi connectivity index (χ0n) is 21.0. The van der Waals surface area contributed by atoms with E-state index in [-0.39, 0.29) is 24.6 Å². The number of hydrogen-bond donors (Lipinski definition) is 2. The summed E-state index contributed by atoms with van der Waals surface area (Å²) in [6, 6.07) is 13.3. The molecule has 3 amide bonds. The number of carbonyl (C=O) groups is 3. The number of nitrogens with one attached hydrogen (secondary N) is 1. The summed E-state index contributed by atoms with van der Waals surface area (Å²) in [5.74, 6) is -0.273. The molecule has 8 nitrogen and oxygen atoms in total. The summed E-state index contributed by atoms with van der Waals surface area (Å²) in [6.45, 7) is 6.29. The Morgan fingerprint density at radius 2 is 1.89 bits per heavy atom. The molecule has 0 radical (unpaired) electrons. The number of carbonyl (C=O) groups excluding carboxylic acids is 2. The van der Waals surface area contributed by atoms with Gasteiger partial charge in [0.05, 0.1) is 11.6 Å². The highest BCUT2D eigenvalue weighted by atomic mass is 35.5. The van der Waals surface area contributed by atoms with Crippen LogP contribution in [0.3, 0.4) is 0 Å². The molecule has 0 saturated heterocycles. The largest absolute Gasteiger partial charge is 0.484 e. The van der Waals surface area contributed by atoms with Gasteiger partial charge in [0.2, 0.25) is 0 Å². The van der Waals surface area contributed by atoms with E-state index >= 15 is 0 Å². The maximum atomic E-state index is 12.8. The molecule has 1 aliphatic heterocycles. The highest BCUT2D eigenvalue weighted by molar-refractivity contribution is 6.30. The summed E-state index contributed by atoms with van der Waals surface area (Å²) in [4.78, 5) is 40.5. The average molecular weight is 514 g/mol. The van der Waals surface area contributed by atoms with E-state index in [1.54, 1.807) is 38.2 Å². The fraction of sp³-hybridized carbons (Fsp3) is 0.370. The van der Waals surface area contributed by atoms with Gasteiger partial charge < -0.3 is 25.0 Å². The molecular formula is C27H32ClN3O5. The van der Waals surface area contributed by atoms with Crippen molar-refractivity contribution in [2.24, 2.45) is 0 Å². The minimum atomic E-state index is -1.12. The number of likely N-dealkylation sites (N-methyl/N-ethyl adjacent to an activating group) is 1. The number of rotatable bonds is 10. The normalized spacial score (nSPS) is 15.7. The second-order valence-electron chi connectivity index (χ2n) is 9.11. The summed E-state index contributed by atoms with van der Waals surface area (Å²) >= 11 is 6.15. The first-order chi connectivity index (χ1) is 17.1. The number of carboxylic acids is 1. The van der Waals surface area contributed by atoms with Gasteiger partial charge in [-0.05, 0) is 54.7 Å². The maximum absolute atomic E-state index is 12.8. The van der Waals surface area contributed by atoms with Gasteiger partial charge in [-0.3, -0.25) is 4.79 Å². The summed E-state index contributed by atoms with van der Waals surface area (Å²) in [6.07, 6.45) is 0.446. The van der Waals surface area contributed by atoms with Crippen LogP contribution in [-0.4, -0.2) is 59.6 Å². The minimum Gasteiger partial charge on any atom is -0.484 e. The second-order valence-corrected chi connectivity index (χ2v) is 9.54. The molecule has 1 unspecified atom stereocenters. The number of aliphatic carboxylic acids is 1. The number of urea groups is 1. The zero-order chi connectivity index (χ0) is 26.4. The molecule has 9 heteroatoms. The lowest BCUT2D eigenvalue weighted by molar-refractivity contribution is -0.133. The predicted octanol–water partition coefficient (Wildman–Crippen LogP) is 4.82. The van der Waals surface area contributed by atoms with E-state index in [1.165, 1.54) is 15.4 Å². The van der Waals surface area contributed by atoms with Crippen LogP contribution in [0, 0.1) is 0 Å². The van der Waals surface area contributed by atoms with Crippen LogP contribution in [0.5, 0.6) is 5.75 Å². The van der Waals surface area contributed by atoms with Crippen LogP contribution in [0.25, 0.3) is 0 Å². The second kappa shape index (κ2) is 11.9. The Kier molecular flexibility index (Phi) is 8.98. The molecular weight excluding hydrogens is 482 g/mol. The van der Waals surface area contributed by atoms with Crippen molar-refractivity contribution in [3.05, 3.63) is 76.0 Å². The van der Waals surface area contributed by atoms with Crippen molar-refractivity contribution in [1.82, 2.24) is 15.1 Å². The average Bonchev–Trinajstić information content (AvgIpc) is 2.83. The Labute approximate surface area is 216 Å². The summed E-state index contributed by atoms with van der Waals surface area (Å²) in [5, 5.41) is 12.9. The van der Waals surface area contributed by atoms with Crippen LogP contribution in [0.1, 0.15) is 50.3 Å². The summed E-state index contributed by atoms with van der Waals surface area (Å²) in [7, 11) is 1.67. The lowest BCUT2D eigenvalue weighted by Crippen LogP contribution is -2.49. The predicted molar refractivity (Wildman–Crippen MR) is 138 cm³/mol. The lowest BCUT2D eigenvalue weighted by Gasteiger charge is -2.37. The number of nitrogens with zero attached hydrogens (tertiary/aromatic N) is 2. The molecule has 0 aromatic heterocycles. The Morgan fingerprint density at radius 3 is 2.50 bits per heavy atom.